The molecule has 0 unspecified atom stereocenters. The molecule has 2 atom stereocenters. The van der Waals surface area contributed by atoms with Crippen molar-refractivity contribution in [3.8, 4) is 0 Å². The number of hydrogen-bond donors (Lipinski definition) is 1. The normalized spacial score (nSPS) is 25.3. The van der Waals surface area contributed by atoms with E-state index in [0.717, 1.165) is 28.8 Å². The van der Waals surface area contributed by atoms with E-state index < -0.39 is 0 Å². The van der Waals surface area contributed by atoms with E-state index in [9.17, 15) is 4.79 Å². The molecule has 0 bridgehead atoms. The van der Waals surface area contributed by atoms with Gasteiger partial charge < -0.3 is 5.32 Å². The second-order valence-electron chi connectivity index (χ2n) is 5.97. The predicted molar refractivity (Wildman–Crippen MR) is 97.6 cm³/mol. The third-order valence-electron chi connectivity index (χ3n) is 4.18. The Balaban J connectivity index is 2.01. The highest BCUT2D eigenvalue weighted by Gasteiger charge is 2.36. The molecule has 2 nitrogen and oxygen atoms in total. The molecule has 0 radical (unpaired) electrons. The molecule has 1 N–H and O–H groups in total. The molecule has 1 saturated carbocycles. The first kappa shape index (κ1) is 17.0. The Hall–Kier alpha value is -2.35. The molecule has 0 aromatic heterocycles. The number of hydrogen-bond acceptors (Lipinski definition) is 1. The van der Waals surface area contributed by atoms with E-state index in [1.807, 2.05) is 30.4 Å². The maximum Gasteiger partial charge on any atom is 0.248 e. The smallest absolute Gasteiger partial charge is 0.248 e. The van der Waals surface area contributed by atoms with Crippen LogP contribution in [0.4, 0.5) is 0 Å². The zero-order valence-corrected chi connectivity index (χ0v) is 14.0. The predicted octanol–water partition coefficient (Wildman–Crippen LogP) is 4.77. The lowest BCUT2D eigenvalue weighted by Crippen LogP contribution is -2.22. The number of amides is 1. The van der Waals surface area contributed by atoms with E-state index in [1.165, 1.54) is 6.42 Å². The van der Waals surface area contributed by atoms with E-state index >= 15 is 0 Å². The van der Waals surface area contributed by atoms with Gasteiger partial charge in [0.25, 0.3) is 0 Å². The first-order valence-electron chi connectivity index (χ1n) is 8.17. The Morgan fingerprint density at radius 2 is 2.04 bits per heavy atom. The second-order valence-corrected chi connectivity index (χ2v) is 5.97. The van der Waals surface area contributed by atoms with Crippen LogP contribution in [0.3, 0.4) is 0 Å². The highest BCUT2D eigenvalue weighted by atomic mass is 16.1. The molecule has 2 aliphatic carbocycles. The molecule has 23 heavy (non-hydrogen) atoms. The third kappa shape index (κ3) is 4.32. The average molecular weight is 307 g/mol. The van der Waals surface area contributed by atoms with Crippen molar-refractivity contribution < 1.29 is 4.79 Å². The number of carbonyl (C=O) groups excluding carboxylic acids is 1. The van der Waals surface area contributed by atoms with E-state index in [4.69, 9.17) is 0 Å². The molecule has 0 heterocycles. The molecule has 1 fully saturated rings. The van der Waals surface area contributed by atoms with Crippen LogP contribution in [0.5, 0.6) is 0 Å². The van der Waals surface area contributed by atoms with Crippen LogP contribution in [0.2, 0.25) is 0 Å². The minimum absolute atomic E-state index is 0.0743. The van der Waals surface area contributed by atoms with Crippen LogP contribution in [0.1, 0.15) is 26.7 Å². The molecule has 1 amide bonds. The van der Waals surface area contributed by atoms with Crippen molar-refractivity contribution in [1.29, 1.82) is 0 Å². The van der Waals surface area contributed by atoms with Crippen molar-refractivity contribution in [3.05, 3.63) is 84.2 Å². The van der Waals surface area contributed by atoms with Crippen LogP contribution in [0, 0.1) is 11.8 Å². The summed E-state index contributed by atoms with van der Waals surface area (Å²) in [6.45, 7) is 11.9. The van der Waals surface area contributed by atoms with E-state index in [-0.39, 0.29) is 5.91 Å². The van der Waals surface area contributed by atoms with Crippen LogP contribution in [0.25, 0.3) is 0 Å². The molecule has 2 heteroatoms. The Morgan fingerprint density at radius 1 is 1.35 bits per heavy atom. The lowest BCUT2D eigenvalue weighted by Gasteiger charge is -2.07. The summed E-state index contributed by atoms with van der Waals surface area (Å²) in [6.07, 6.45) is 17.1. The van der Waals surface area contributed by atoms with Crippen LogP contribution in [-0.2, 0) is 4.79 Å². The van der Waals surface area contributed by atoms with Gasteiger partial charge in [-0.25, -0.2) is 0 Å². The standard InChI is InChI=1S/C21H25NO/c1-5-8-18-16(7-3)10-11-17(18)12-13-21(23)22-20(9-6-2)19-14-15(19)4/h5,7-13,15,19H,1,3,6,14H2,2,4H3,(H,22,23)/b13-12-,18-8+,20-9+/t15-,19+/m1/s1. The molecular weight excluding hydrogens is 282 g/mol. The minimum atomic E-state index is -0.0743. The summed E-state index contributed by atoms with van der Waals surface area (Å²) >= 11 is 0. The van der Waals surface area contributed by atoms with Gasteiger partial charge in [0.05, 0.1) is 0 Å². The van der Waals surface area contributed by atoms with Crippen molar-refractivity contribution in [1.82, 2.24) is 5.32 Å². The van der Waals surface area contributed by atoms with Crippen molar-refractivity contribution in [3.63, 3.8) is 0 Å². The van der Waals surface area contributed by atoms with Gasteiger partial charge in [-0.15, -0.1) is 0 Å². The lowest BCUT2D eigenvalue weighted by molar-refractivity contribution is -0.115. The highest BCUT2D eigenvalue weighted by Crippen LogP contribution is 2.42. The quantitative estimate of drug-likeness (QED) is 0.674. The molecular formula is C21H25NO. The third-order valence-corrected chi connectivity index (χ3v) is 4.18. The van der Waals surface area contributed by atoms with Gasteiger partial charge in [-0.2, -0.15) is 0 Å². The zero-order valence-electron chi connectivity index (χ0n) is 14.0. The van der Waals surface area contributed by atoms with Crippen molar-refractivity contribution in [2.75, 3.05) is 0 Å². The molecule has 0 aromatic rings. The van der Waals surface area contributed by atoms with Gasteiger partial charge >= 0.3 is 0 Å². The van der Waals surface area contributed by atoms with Gasteiger partial charge in [-0.05, 0) is 41.6 Å². The summed E-state index contributed by atoms with van der Waals surface area (Å²) in [7, 11) is 0. The van der Waals surface area contributed by atoms with Gasteiger partial charge in [-0.3, -0.25) is 4.79 Å². The van der Waals surface area contributed by atoms with Crippen LogP contribution < -0.4 is 5.32 Å². The summed E-state index contributed by atoms with van der Waals surface area (Å²) in [5.41, 5.74) is 4.15. The minimum Gasteiger partial charge on any atom is -0.326 e. The van der Waals surface area contributed by atoms with Gasteiger partial charge in [-0.1, -0.05) is 63.5 Å². The average Bonchev–Trinajstić information content (AvgIpc) is 3.13. The monoisotopic (exact) mass is 307 g/mol. The first-order valence-corrected chi connectivity index (χ1v) is 8.17. The summed E-state index contributed by atoms with van der Waals surface area (Å²) in [4.78, 5) is 12.2. The van der Waals surface area contributed by atoms with Gasteiger partial charge in [0, 0.05) is 17.7 Å². The maximum absolute atomic E-state index is 12.2. The second kappa shape index (κ2) is 7.77. The molecule has 0 spiro atoms. The molecule has 2 rings (SSSR count). The van der Waals surface area contributed by atoms with Gasteiger partial charge in [0.1, 0.15) is 0 Å². The SMILES string of the molecule is C=C/C=C1\C(C=C)=CC=C1/C=C\C(=O)N/C(=C/CC)[C@H]1C[C@H]1C. The number of rotatable bonds is 7. The van der Waals surface area contributed by atoms with Crippen molar-refractivity contribution in [2.45, 2.75) is 26.7 Å². The molecule has 0 saturated heterocycles. The maximum atomic E-state index is 12.2. The fourth-order valence-corrected chi connectivity index (χ4v) is 2.78. The number of carbonyl (C=O) groups is 1. The lowest BCUT2D eigenvalue weighted by atomic mass is 10.0. The summed E-state index contributed by atoms with van der Waals surface area (Å²) in [6, 6.07) is 0. The fraction of sp³-hybridized carbons (Fsp3) is 0.286. The van der Waals surface area contributed by atoms with Gasteiger partial charge in [0.15, 0.2) is 0 Å². The first-order chi connectivity index (χ1) is 11.1. The summed E-state index contributed by atoms with van der Waals surface area (Å²) in [5.74, 6) is 1.12. The Kier molecular flexibility index (Phi) is 5.75. The summed E-state index contributed by atoms with van der Waals surface area (Å²) < 4.78 is 0. The largest absolute Gasteiger partial charge is 0.326 e. The molecule has 2 aliphatic rings. The fourth-order valence-electron chi connectivity index (χ4n) is 2.78. The van der Waals surface area contributed by atoms with Crippen molar-refractivity contribution >= 4 is 5.91 Å². The summed E-state index contributed by atoms with van der Waals surface area (Å²) in [5, 5.41) is 3.04. The molecule has 120 valence electrons. The topological polar surface area (TPSA) is 29.1 Å². The zero-order chi connectivity index (χ0) is 16.8. The Labute approximate surface area is 139 Å². The van der Waals surface area contributed by atoms with Crippen LogP contribution >= 0.6 is 0 Å². The van der Waals surface area contributed by atoms with Crippen LogP contribution in [-0.4, -0.2) is 5.91 Å². The number of allylic oxidation sites excluding steroid dienone is 11. The number of nitrogens with one attached hydrogen (secondary N) is 1. The van der Waals surface area contributed by atoms with E-state index in [2.05, 4.69) is 38.4 Å². The Morgan fingerprint density at radius 3 is 2.61 bits per heavy atom. The highest BCUT2D eigenvalue weighted by molar-refractivity contribution is 5.90. The van der Waals surface area contributed by atoms with E-state index in [0.29, 0.717) is 11.8 Å². The van der Waals surface area contributed by atoms with Crippen LogP contribution in [0.15, 0.2) is 84.2 Å². The van der Waals surface area contributed by atoms with Gasteiger partial charge in [0.2, 0.25) is 5.91 Å². The van der Waals surface area contributed by atoms with E-state index in [1.54, 1.807) is 12.2 Å². The Bertz CT molecular complexity index is 655. The molecule has 0 aromatic carbocycles. The van der Waals surface area contributed by atoms with Crippen molar-refractivity contribution in [2.24, 2.45) is 11.8 Å². The molecule has 0 aliphatic heterocycles.